The average Bonchev–Trinajstić information content (AvgIpc) is 2.67. The molecule has 3 rings (SSSR count). The van der Waals surface area contributed by atoms with Crippen LogP contribution in [0.3, 0.4) is 0 Å². The highest BCUT2D eigenvalue weighted by molar-refractivity contribution is 5.91. The van der Waals surface area contributed by atoms with Crippen LogP contribution in [0.15, 0.2) is 24.3 Å². The van der Waals surface area contributed by atoms with E-state index < -0.39 is 5.97 Å². The van der Waals surface area contributed by atoms with Crippen molar-refractivity contribution in [1.82, 2.24) is 9.80 Å². The van der Waals surface area contributed by atoms with E-state index in [0.29, 0.717) is 37.4 Å². The van der Waals surface area contributed by atoms with Gasteiger partial charge in [-0.25, -0.2) is 4.79 Å². The van der Waals surface area contributed by atoms with Crippen LogP contribution in [0.4, 0.5) is 0 Å². The summed E-state index contributed by atoms with van der Waals surface area (Å²) >= 11 is 0. The van der Waals surface area contributed by atoms with Gasteiger partial charge in [-0.05, 0) is 43.2 Å². The zero-order chi connectivity index (χ0) is 19.4. The molecule has 2 saturated heterocycles. The van der Waals surface area contributed by atoms with E-state index >= 15 is 0 Å². The number of hydrogen-bond donors (Lipinski definition) is 1. The van der Waals surface area contributed by atoms with Crippen molar-refractivity contribution in [2.24, 2.45) is 11.8 Å². The fourth-order valence-electron chi connectivity index (χ4n) is 4.18. The lowest BCUT2D eigenvalue weighted by atomic mass is 9.92. The Labute approximate surface area is 160 Å². The number of carboxylic acid groups (broad SMARTS) is 1. The molecule has 0 spiro atoms. The molecule has 0 aromatic heterocycles. The zero-order valence-corrected chi connectivity index (χ0v) is 15.9. The van der Waals surface area contributed by atoms with E-state index in [0.717, 1.165) is 19.5 Å². The van der Waals surface area contributed by atoms with E-state index in [2.05, 4.69) is 6.92 Å². The molecule has 1 aromatic rings. The van der Waals surface area contributed by atoms with Crippen LogP contribution in [0.5, 0.6) is 0 Å². The Hall–Kier alpha value is -2.37. The summed E-state index contributed by atoms with van der Waals surface area (Å²) in [5.74, 6) is -0.270. The lowest BCUT2D eigenvalue weighted by Crippen LogP contribution is -2.47. The van der Waals surface area contributed by atoms with Gasteiger partial charge in [-0.15, -0.1) is 0 Å². The molecule has 2 heterocycles. The molecule has 2 aliphatic heterocycles. The minimum absolute atomic E-state index is 0.00524. The van der Waals surface area contributed by atoms with Gasteiger partial charge >= 0.3 is 5.97 Å². The van der Waals surface area contributed by atoms with Gasteiger partial charge in [0.25, 0.3) is 0 Å². The molecule has 0 radical (unpaired) electrons. The van der Waals surface area contributed by atoms with Crippen molar-refractivity contribution < 1.29 is 19.5 Å². The third-order valence-electron chi connectivity index (χ3n) is 5.76. The van der Waals surface area contributed by atoms with Gasteiger partial charge in [-0.2, -0.15) is 0 Å². The molecule has 0 bridgehead atoms. The summed E-state index contributed by atoms with van der Waals surface area (Å²) < 4.78 is 0. The molecule has 1 aromatic carbocycles. The van der Waals surface area contributed by atoms with Crippen molar-refractivity contribution in [2.75, 3.05) is 26.2 Å². The minimum Gasteiger partial charge on any atom is -0.478 e. The third kappa shape index (κ3) is 4.67. The predicted molar refractivity (Wildman–Crippen MR) is 101 cm³/mol. The number of carboxylic acids is 1. The number of piperidine rings is 2. The number of rotatable bonds is 4. The van der Waals surface area contributed by atoms with Crippen molar-refractivity contribution in [2.45, 2.75) is 39.0 Å². The van der Waals surface area contributed by atoms with Gasteiger partial charge in [0.15, 0.2) is 0 Å². The summed E-state index contributed by atoms with van der Waals surface area (Å²) in [4.78, 5) is 40.4. The zero-order valence-electron chi connectivity index (χ0n) is 15.9. The first-order valence-electron chi connectivity index (χ1n) is 9.83. The van der Waals surface area contributed by atoms with Crippen molar-refractivity contribution in [3.63, 3.8) is 0 Å². The van der Waals surface area contributed by atoms with Crippen LogP contribution in [-0.2, 0) is 16.0 Å². The highest BCUT2D eigenvalue weighted by atomic mass is 16.4. The van der Waals surface area contributed by atoms with Crippen LogP contribution < -0.4 is 0 Å². The Kier molecular flexibility index (Phi) is 6.14. The average molecular weight is 372 g/mol. The summed E-state index contributed by atoms with van der Waals surface area (Å²) in [5, 5.41) is 9.26. The lowest BCUT2D eigenvalue weighted by Gasteiger charge is -2.37. The maximum atomic E-state index is 12.7. The molecular weight excluding hydrogens is 344 g/mol. The fourth-order valence-corrected chi connectivity index (χ4v) is 4.18. The molecule has 2 amide bonds. The standard InChI is InChI=1S/C21H28N2O4/c1-15-5-4-10-23(14-15)20(25)16-8-11-22(12-9-16)19(24)13-17-6-2-3-7-18(17)21(26)27/h2-3,6-7,15-16H,4-5,8-14H2,1H3,(H,26,27). The van der Waals surface area contributed by atoms with Gasteiger partial charge in [0.05, 0.1) is 12.0 Å². The van der Waals surface area contributed by atoms with Crippen LogP contribution in [0.1, 0.15) is 48.5 Å². The van der Waals surface area contributed by atoms with Crippen LogP contribution in [-0.4, -0.2) is 58.9 Å². The van der Waals surface area contributed by atoms with E-state index in [1.807, 2.05) is 4.90 Å². The van der Waals surface area contributed by atoms with Gasteiger partial charge in [0.1, 0.15) is 0 Å². The summed E-state index contributed by atoms with van der Waals surface area (Å²) in [7, 11) is 0. The topological polar surface area (TPSA) is 77.9 Å². The Bertz CT molecular complexity index is 710. The molecular formula is C21H28N2O4. The first-order valence-corrected chi connectivity index (χ1v) is 9.83. The summed E-state index contributed by atoms with van der Waals surface area (Å²) in [6, 6.07) is 6.63. The summed E-state index contributed by atoms with van der Waals surface area (Å²) in [6.45, 7) is 5.02. The van der Waals surface area contributed by atoms with E-state index in [1.165, 1.54) is 12.5 Å². The smallest absolute Gasteiger partial charge is 0.335 e. The largest absolute Gasteiger partial charge is 0.478 e. The number of hydrogen-bond acceptors (Lipinski definition) is 3. The predicted octanol–water partition coefficient (Wildman–Crippen LogP) is 2.42. The number of carbonyl (C=O) groups is 3. The van der Waals surface area contributed by atoms with Crippen LogP contribution in [0.25, 0.3) is 0 Å². The second-order valence-corrected chi connectivity index (χ2v) is 7.83. The van der Waals surface area contributed by atoms with Gasteiger partial charge in [0, 0.05) is 32.1 Å². The first-order chi connectivity index (χ1) is 13.0. The second kappa shape index (κ2) is 8.55. The van der Waals surface area contributed by atoms with E-state index in [9.17, 15) is 19.5 Å². The van der Waals surface area contributed by atoms with Crippen LogP contribution in [0, 0.1) is 11.8 Å². The molecule has 0 aliphatic carbocycles. The second-order valence-electron chi connectivity index (χ2n) is 7.83. The molecule has 27 heavy (non-hydrogen) atoms. The molecule has 0 saturated carbocycles. The molecule has 1 N–H and O–H groups in total. The Balaban J connectivity index is 1.54. The number of nitrogens with zero attached hydrogens (tertiary/aromatic N) is 2. The highest BCUT2D eigenvalue weighted by Gasteiger charge is 2.31. The fraction of sp³-hybridized carbons (Fsp3) is 0.571. The maximum absolute atomic E-state index is 12.7. The third-order valence-corrected chi connectivity index (χ3v) is 5.76. The Morgan fingerprint density at radius 1 is 1.04 bits per heavy atom. The highest BCUT2D eigenvalue weighted by Crippen LogP contribution is 2.24. The first kappa shape index (κ1) is 19.4. The number of carbonyl (C=O) groups excluding carboxylic acids is 2. The number of likely N-dealkylation sites (tertiary alicyclic amines) is 2. The quantitative estimate of drug-likeness (QED) is 0.880. The lowest BCUT2D eigenvalue weighted by molar-refractivity contribution is -0.141. The van der Waals surface area contributed by atoms with Crippen molar-refractivity contribution >= 4 is 17.8 Å². The van der Waals surface area contributed by atoms with E-state index in [4.69, 9.17) is 0 Å². The number of benzene rings is 1. The van der Waals surface area contributed by atoms with Crippen molar-refractivity contribution in [3.8, 4) is 0 Å². The van der Waals surface area contributed by atoms with E-state index in [-0.39, 0.29) is 29.7 Å². The Morgan fingerprint density at radius 3 is 2.41 bits per heavy atom. The van der Waals surface area contributed by atoms with E-state index in [1.54, 1.807) is 23.1 Å². The van der Waals surface area contributed by atoms with Gasteiger partial charge in [-0.1, -0.05) is 25.1 Å². The van der Waals surface area contributed by atoms with Gasteiger partial charge < -0.3 is 14.9 Å². The molecule has 1 unspecified atom stereocenters. The number of amides is 2. The normalized spacial score (nSPS) is 21.1. The number of aromatic carboxylic acids is 1. The molecule has 1 atom stereocenters. The van der Waals surface area contributed by atoms with Crippen LogP contribution >= 0.6 is 0 Å². The summed E-state index contributed by atoms with van der Waals surface area (Å²) in [5.41, 5.74) is 0.714. The summed E-state index contributed by atoms with van der Waals surface area (Å²) in [6.07, 6.45) is 3.73. The van der Waals surface area contributed by atoms with Crippen LogP contribution in [0.2, 0.25) is 0 Å². The maximum Gasteiger partial charge on any atom is 0.335 e. The van der Waals surface area contributed by atoms with Gasteiger partial charge in [0.2, 0.25) is 11.8 Å². The monoisotopic (exact) mass is 372 g/mol. The van der Waals surface area contributed by atoms with Gasteiger partial charge in [-0.3, -0.25) is 9.59 Å². The van der Waals surface area contributed by atoms with Crippen molar-refractivity contribution in [3.05, 3.63) is 35.4 Å². The Morgan fingerprint density at radius 2 is 1.74 bits per heavy atom. The SMILES string of the molecule is CC1CCCN(C(=O)C2CCN(C(=O)Cc3ccccc3C(=O)O)CC2)C1. The molecule has 6 nitrogen and oxygen atoms in total. The molecule has 2 aliphatic rings. The minimum atomic E-state index is -1.02. The molecule has 146 valence electrons. The molecule has 6 heteroatoms. The van der Waals surface area contributed by atoms with Crippen molar-refractivity contribution in [1.29, 1.82) is 0 Å². The molecule has 2 fully saturated rings.